The van der Waals surface area contributed by atoms with Crippen molar-refractivity contribution in [1.29, 1.82) is 0 Å². The van der Waals surface area contributed by atoms with E-state index in [9.17, 15) is 32.7 Å². The number of nitrogens with zero attached hydrogens (tertiary/aromatic N) is 3. The van der Waals surface area contributed by atoms with Gasteiger partial charge in [-0.1, -0.05) is 54.6 Å². The van der Waals surface area contributed by atoms with E-state index in [1.165, 1.54) is 22.3 Å². The van der Waals surface area contributed by atoms with Crippen LogP contribution in [0.5, 0.6) is 0 Å². The van der Waals surface area contributed by atoms with Crippen LogP contribution in [0.1, 0.15) is 74.4 Å². The van der Waals surface area contributed by atoms with Gasteiger partial charge in [0.1, 0.15) is 5.82 Å². The van der Waals surface area contributed by atoms with Gasteiger partial charge in [0.15, 0.2) is 6.10 Å². The molecule has 1 atom stereocenters. The van der Waals surface area contributed by atoms with E-state index in [0.717, 1.165) is 52.3 Å². The Morgan fingerprint density at radius 1 is 1.08 bits per heavy atom. The van der Waals surface area contributed by atoms with Crippen molar-refractivity contribution in [3.8, 4) is 0 Å². The van der Waals surface area contributed by atoms with Gasteiger partial charge in [-0.25, -0.2) is 4.98 Å². The van der Waals surface area contributed by atoms with Gasteiger partial charge in [-0.2, -0.15) is 13.2 Å². The molecule has 2 amide bonds. The van der Waals surface area contributed by atoms with Gasteiger partial charge in [0.2, 0.25) is 0 Å². The molecule has 1 saturated carbocycles. The molecule has 3 heterocycles. The summed E-state index contributed by atoms with van der Waals surface area (Å²) in [6, 6.07) is 20.1. The zero-order valence-electron chi connectivity index (χ0n) is 26.6. The zero-order chi connectivity index (χ0) is 34.5. The van der Waals surface area contributed by atoms with Crippen molar-refractivity contribution in [2.24, 2.45) is 0 Å². The molecule has 0 unspecified atom stereocenters. The van der Waals surface area contributed by atoms with Crippen molar-refractivity contribution in [2.75, 3.05) is 13.6 Å². The van der Waals surface area contributed by atoms with Crippen LogP contribution in [0.4, 0.5) is 13.2 Å². The number of halogens is 3. The number of thiophene rings is 1. The van der Waals surface area contributed by atoms with Crippen molar-refractivity contribution >= 4 is 33.9 Å². The number of aromatic nitrogens is 2. The fourth-order valence-electron chi connectivity index (χ4n) is 6.64. The lowest BCUT2D eigenvalue weighted by molar-refractivity contribution is -0.142. The molecule has 5 aromatic rings. The van der Waals surface area contributed by atoms with Crippen molar-refractivity contribution in [3.63, 3.8) is 0 Å². The topological polar surface area (TPSA) is 107 Å². The minimum Gasteiger partial charge on any atom is -0.378 e. The molecule has 1 aliphatic heterocycles. The van der Waals surface area contributed by atoms with E-state index in [-0.39, 0.29) is 24.6 Å². The Morgan fingerprint density at radius 3 is 2.61 bits per heavy atom. The molecule has 0 saturated heterocycles. The molecule has 2 N–H and O–H groups in total. The smallest absolute Gasteiger partial charge is 0.378 e. The summed E-state index contributed by atoms with van der Waals surface area (Å²) in [4.78, 5) is 52.0. The molecule has 2 aromatic heterocycles. The second-order valence-electron chi connectivity index (χ2n) is 12.8. The van der Waals surface area contributed by atoms with Crippen molar-refractivity contribution < 1.29 is 27.9 Å². The molecular weight excluding hydrogens is 653 g/mol. The Balaban J connectivity index is 1.08. The highest BCUT2D eigenvalue weighted by molar-refractivity contribution is 7.10. The second-order valence-corrected chi connectivity index (χ2v) is 13.7. The van der Waals surface area contributed by atoms with Crippen molar-refractivity contribution in [1.82, 2.24) is 19.8 Å². The van der Waals surface area contributed by atoms with Crippen LogP contribution in [0.15, 0.2) is 83.0 Å². The van der Waals surface area contributed by atoms with Gasteiger partial charge in [0, 0.05) is 30.4 Å². The molecule has 1 fully saturated rings. The van der Waals surface area contributed by atoms with Gasteiger partial charge in [-0.15, -0.1) is 11.3 Å². The number of aliphatic hydroxyl groups excluding tert-OH is 1. The summed E-state index contributed by atoms with van der Waals surface area (Å²) in [6.45, 7) is 0.529. The first-order chi connectivity index (χ1) is 23.4. The first-order valence-corrected chi connectivity index (χ1v) is 16.9. The zero-order valence-corrected chi connectivity index (χ0v) is 27.4. The lowest BCUT2D eigenvalue weighted by Gasteiger charge is -2.24. The number of hydrogen-bond acceptors (Lipinski definition) is 6. The summed E-state index contributed by atoms with van der Waals surface area (Å²) in [5.41, 5.74) is 0.413. The number of aromatic amines is 1. The first kappa shape index (κ1) is 32.7. The number of fused-ring (bicyclic) bond motifs is 2. The molecule has 2 aliphatic rings. The molecule has 0 bridgehead atoms. The third-order valence-electron chi connectivity index (χ3n) is 9.52. The average molecular weight is 687 g/mol. The number of rotatable bonds is 7. The Hall–Kier alpha value is -4.81. The third kappa shape index (κ3) is 6.26. The normalized spacial score (nSPS) is 16.1. The van der Waals surface area contributed by atoms with Crippen LogP contribution in [0, 0.1) is 0 Å². The number of amides is 2. The van der Waals surface area contributed by atoms with Gasteiger partial charge in [0.25, 0.3) is 17.4 Å². The second kappa shape index (κ2) is 12.6. The average Bonchev–Trinajstić information content (AvgIpc) is 3.81. The van der Waals surface area contributed by atoms with E-state index in [4.69, 9.17) is 4.98 Å². The Morgan fingerprint density at radius 2 is 1.84 bits per heavy atom. The van der Waals surface area contributed by atoms with Gasteiger partial charge in [-0.3, -0.25) is 14.4 Å². The highest BCUT2D eigenvalue weighted by Crippen LogP contribution is 2.54. The third-order valence-corrected chi connectivity index (χ3v) is 10.7. The largest absolute Gasteiger partial charge is 0.416 e. The number of H-pyrrole nitrogens is 1. The minimum atomic E-state index is -4.62. The first-order valence-electron chi connectivity index (χ1n) is 16.0. The van der Waals surface area contributed by atoms with Crippen molar-refractivity contribution in [2.45, 2.75) is 56.5 Å². The van der Waals surface area contributed by atoms with Crippen LogP contribution in [-0.4, -0.2) is 50.3 Å². The number of nitrogens with one attached hydrogen (secondary N) is 1. The van der Waals surface area contributed by atoms with Crippen LogP contribution in [0.25, 0.3) is 10.8 Å². The summed E-state index contributed by atoms with van der Waals surface area (Å²) in [6.07, 6.45) is -4.06. The molecule has 12 heteroatoms. The summed E-state index contributed by atoms with van der Waals surface area (Å²) in [7, 11) is 1.78. The summed E-state index contributed by atoms with van der Waals surface area (Å²) >= 11 is 1.46. The monoisotopic (exact) mass is 686 g/mol. The quantitative estimate of drug-likeness (QED) is 0.207. The number of aliphatic hydroxyl groups is 1. The van der Waals surface area contributed by atoms with E-state index in [0.29, 0.717) is 42.0 Å². The van der Waals surface area contributed by atoms with E-state index in [2.05, 4.69) is 11.1 Å². The van der Waals surface area contributed by atoms with E-state index in [1.807, 2.05) is 47.8 Å². The Labute approximate surface area is 283 Å². The molecule has 0 radical (unpaired) electrons. The highest BCUT2D eigenvalue weighted by Gasteiger charge is 2.50. The Kier molecular flexibility index (Phi) is 8.40. The molecule has 1 aliphatic carbocycles. The lowest BCUT2D eigenvalue weighted by atomic mass is 10.0. The van der Waals surface area contributed by atoms with E-state index >= 15 is 0 Å². The SMILES string of the molecule is CN(Cc1cccc2ccccc12)C(=O)c1csc(C2(c3nc4c(c(=O)[nH]3)CN(C(=O)[C@H](O)c3cccc(C(F)(F)F)c3)CCC4)CC2)c1. The predicted octanol–water partition coefficient (Wildman–Crippen LogP) is 6.36. The predicted molar refractivity (Wildman–Crippen MR) is 179 cm³/mol. The van der Waals surface area contributed by atoms with Gasteiger partial charge < -0.3 is 19.9 Å². The van der Waals surface area contributed by atoms with Crippen LogP contribution in [-0.2, 0) is 35.9 Å². The molecule has 252 valence electrons. The fraction of sp³-hybridized carbons (Fsp3) is 0.297. The number of benzene rings is 3. The maximum Gasteiger partial charge on any atom is 0.416 e. The van der Waals surface area contributed by atoms with Gasteiger partial charge in [0.05, 0.1) is 34.3 Å². The number of aryl methyl sites for hydroxylation is 1. The Bertz CT molecular complexity index is 2130. The number of carbonyl (C=O) groups excluding carboxylic acids is 2. The van der Waals surface area contributed by atoms with Gasteiger partial charge >= 0.3 is 6.18 Å². The number of alkyl halides is 3. The highest BCUT2D eigenvalue weighted by atomic mass is 32.1. The number of carbonyl (C=O) groups is 2. The molecule has 0 spiro atoms. The maximum atomic E-state index is 13.5. The van der Waals surface area contributed by atoms with Crippen LogP contribution >= 0.6 is 11.3 Å². The standard InChI is InChI=1S/C37H33F3N4O4S/c1-43(19-24-10-4-8-22-7-2-3-12-27(22)24)33(47)25-18-30(49-21-25)36(14-15-36)35-41-29-13-6-16-44(20-28(29)32(46)42-35)34(48)31(45)23-9-5-11-26(17-23)37(38,39)40/h2-5,7-12,17-18,21,31,45H,6,13-16,19-20H2,1H3,(H,41,42,46)/t31-/m1/s1. The molecule has 7 rings (SSSR count). The van der Waals surface area contributed by atoms with Crippen LogP contribution in [0.3, 0.4) is 0 Å². The van der Waals surface area contributed by atoms with E-state index in [1.54, 1.807) is 11.9 Å². The summed E-state index contributed by atoms with van der Waals surface area (Å²) < 4.78 is 39.7. The van der Waals surface area contributed by atoms with Crippen LogP contribution in [0.2, 0.25) is 0 Å². The lowest BCUT2D eigenvalue weighted by Crippen LogP contribution is -2.36. The molecule has 8 nitrogen and oxygen atoms in total. The molecule has 3 aromatic carbocycles. The van der Waals surface area contributed by atoms with Gasteiger partial charge in [-0.05, 0) is 65.8 Å². The molecule has 49 heavy (non-hydrogen) atoms. The fourth-order valence-corrected chi connectivity index (χ4v) is 7.78. The van der Waals surface area contributed by atoms with Crippen molar-refractivity contribution in [3.05, 3.63) is 133 Å². The van der Waals surface area contributed by atoms with Crippen LogP contribution < -0.4 is 5.56 Å². The van der Waals surface area contributed by atoms with E-state index < -0.39 is 34.7 Å². The minimum absolute atomic E-state index is 0.105. The molecular formula is C37H33F3N4O4S. The number of hydrogen-bond donors (Lipinski definition) is 2. The maximum absolute atomic E-state index is 13.5. The summed E-state index contributed by atoms with van der Waals surface area (Å²) in [5, 5.41) is 14.8. The summed E-state index contributed by atoms with van der Waals surface area (Å²) in [5.74, 6) is -0.368.